The molecule has 0 saturated heterocycles. The van der Waals surface area contributed by atoms with Gasteiger partial charge in [0.25, 0.3) is 6.71 Å². The Kier molecular flexibility index (Phi) is 10.6. The van der Waals surface area contributed by atoms with Crippen LogP contribution in [0.5, 0.6) is 0 Å². The molecule has 4 nitrogen and oxygen atoms in total. The zero-order valence-electron chi connectivity index (χ0n) is 50.4. The van der Waals surface area contributed by atoms with E-state index < -0.39 is 0 Å². The van der Waals surface area contributed by atoms with E-state index in [0.29, 0.717) is 0 Å². The molecule has 0 radical (unpaired) electrons. The maximum atomic E-state index is 6.82. The molecule has 1 aromatic heterocycles. The van der Waals surface area contributed by atoms with Gasteiger partial charge in [0.15, 0.2) is 0 Å². The molecule has 1 saturated carbocycles. The van der Waals surface area contributed by atoms with Crippen molar-refractivity contribution in [3.05, 3.63) is 185 Å². The van der Waals surface area contributed by atoms with E-state index >= 15 is 0 Å². The molecule has 15 rings (SSSR count). The Labute approximate surface area is 482 Å². The molecule has 8 aromatic carbocycles. The average molecular weight is 1060 g/mol. The Morgan fingerprint density at radius 3 is 1.70 bits per heavy atom. The van der Waals surface area contributed by atoms with E-state index in [0.717, 1.165) is 53.3 Å². The van der Waals surface area contributed by atoms with Crippen molar-refractivity contribution < 1.29 is 4.42 Å². The highest BCUT2D eigenvalue weighted by Gasteiger charge is 2.58. The lowest BCUT2D eigenvalue weighted by atomic mass is 9.33. The fourth-order valence-electron chi connectivity index (χ4n) is 16.7. The number of nitrogens with zero attached hydrogens (tertiary/aromatic N) is 3. The van der Waals surface area contributed by atoms with Crippen molar-refractivity contribution in [3.63, 3.8) is 0 Å². The summed E-state index contributed by atoms with van der Waals surface area (Å²) >= 11 is 0. The molecule has 0 N–H and O–H groups in total. The maximum absolute atomic E-state index is 6.82. The number of fused-ring (bicyclic) bond motifs is 12. The first-order chi connectivity index (χ1) is 38.5. The molecule has 9 aromatic rings. The average Bonchev–Trinajstić information content (AvgIpc) is 3.78. The van der Waals surface area contributed by atoms with Gasteiger partial charge in [-0.15, -0.1) is 0 Å². The molecule has 6 aliphatic rings. The van der Waals surface area contributed by atoms with Crippen LogP contribution in [-0.2, 0) is 32.5 Å². The lowest BCUT2D eigenvalue weighted by Crippen LogP contribution is -2.62. The van der Waals surface area contributed by atoms with Crippen LogP contribution in [0.4, 0.5) is 45.5 Å². The van der Waals surface area contributed by atoms with Crippen LogP contribution in [0.1, 0.15) is 175 Å². The van der Waals surface area contributed by atoms with Crippen molar-refractivity contribution in [2.45, 2.75) is 179 Å². The molecule has 4 heterocycles. The Morgan fingerprint density at radius 2 is 0.988 bits per heavy atom. The van der Waals surface area contributed by atoms with Crippen molar-refractivity contribution in [3.8, 4) is 11.1 Å². The van der Waals surface area contributed by atoms with E-state index in [2.05, 4.69) is 256 Å². The van der Waals surface area contributed by atoms with Gasteiger partial charge in [0.1, 0.15) is 11.2 Å². The van der Waals surface area contributed by atoms with Gasteiger partial charge in [0, 0.05) is 67.8 Å². The second kappa shape index (κ2) is 16.8. The van der Waals surface area contributed by atoms with Crippen molar-refractivity contribution in [1.29, 1.82) is 0 Å². The fourth-order valence-corrected chi connectivity index (χ4v) is 16.7. The Morgan fingerprint density at radius 1 is 0.407 bits per heavy atom. The molecule has 0 spiro atoms. The minimum atomic E-state index is -0.173. The van der Waals surface area contributed by atoms with Crippen molar-refractivity contribution in [2.75, 3.05) is 14.7 Å². The smallest absolute Gasteiger partial charge is 0.252 e. The molecule has 0 bridgehead atoms. The third-order valence-corrected chi connectivity index (χ3v) is 22.1. The van der Waals surface area contributed by atoms with Crippen LogP contribution >= 0.6 is 0 Å². The summed E-state index contributed by atoms with van der Waals surface area (Å²) in [5, 5.41) is 2.29. The highest BCUT2D eigenvalue weighted by molar-refractivity contribution is 7.00. The summed E-state index contributed by atoms with van der Waals surface area (Å²) in [6.45, 7) is 32.2. The van der Waals surface area contributed by atoms with Crippen LogP contribution in [0.25, 0.3) is 33.1 Å². The van der Waals surface area contributed by atoms with Gasteiger partial charge in [-0.3, -0.25) is 0 Å². The Balaban J connectivity index is 1.09. The highest BCUT2D eigenvalue weighted by atomic mass is 16.3. The van der Waals surface area contributed by atoms with Crippen LogP contribution < -0.4 is 31.1 Å². The number of para-hydroxylation sites is 1. The second-order valence-corrected chi connectivity index (χ2v) is 29.8. The third kappa shape index (κ3) is 7.21. The molecule has 5 heteroatoms. The number of hydrogen-bond donors (Lipinski definition) is 0. The molecular formula is C76H80BN3O. The molecule has 2 atom stereocenters. The Hall–Kier alpha value is -6.98. The van der Waals surface area contributed by atoms with Gasteiger partial charge in [-0.2, -0.15) is 0 Å². The normalized spacial score (nSPS) is 22.4. The second-order valence-electron chi connectivity index (χ2n) is 29.8. The largest absolute Gasteiger partial charge is 0.456 e. The first-order valence-corrected chi connectivity index (χ1v) is 30.7. The third-order valence-electron chi connectivity index (χ3n) is 22.1. The minimum Gasteiger partial charge on any atom is -0.456 e. The minimum absolute atomic E-state index is 0.00293. The molecule has 408 valence electrons. The molecular weight excluding hydrogens is 982 g/mol. The lowest BCUT2D eigenvalue weighted by Gasteiger charge is -2.51. The van der Waals surface area contributed by atoms with E-state index in [1.165, 1.54) is 126 Å². The van der Waals surface area contributed by atoms with Crippen LogP contribution in [-0.4, -0.2) is 12.3 Å². The van der Waals surface area contributed by atoms with Gasteiger partial charge < -0.3 is 19.1 Å². The van der Waals surface area contributed by atoms with Crippen LogP contribution in [0.2, 0.25) is 0 Å². The summed E-state index contributed by atoms with van der Waals surface area (Å²) in [7, 11) is 0. The van der Waals surface area contributed by atoms with Gasteiger partial charge in [-0.05, 0) is 194 Å². The summed E-state index contributed by atoms with van der Waals surface area (Å²) in [5.74, 6) is 0. The zero-order chi connectivity index (χ0) is 56.1. The number of benzene rings is 8. The van der Waals surface area contributed by atoms with E-state index in [4.69, 9.17) is 4.42 Å². The van der Waals surface area contributed by atoms with Gasteiger partial charge in [0.05, 0.1) is 5.54 Å². The van der Waals surface area contributed by atoms with Gasteiger partial charge in [0.2, 0.25) is 0 Å². The van der Waals surface area contributed by atoms with E-state index in [-0.39, 0.29) is 44.7 Å². The van der Waals surface area contributed by atoms with Gasteiger partial charge in [-0.1, -0.05) is 181 Å². The van der Waals surface area contributed by atoms with Crippen LogP contribution in [0.3, 0.4) is 0 Å². The van der Waals surface area contributed by atoms with Gasteiger partial charge in [-0.25, -0.2) is 0 Å². The van der Waals surface area contributed by atoms with Crippen molar-refractivity contribution in [1.82, 2.24) is 0 Å². The SMILES string of the molecule is CC(C)(C)c1ccc2c(c1)C1(C)CCCCC1(C)N2c1cc2c3c(c1)N(c1ccc4c(c1)C(C)(C)CCC4(C)C)c1cc4c(cc1B3c1cc(-c3ccccc3)ccc1N2c1ccc2c(c1)oc1ccccc12)C(C)(C)CCC4(C)C. The maximum Gasteiger partial charge on any atom is 0.252 e. The van der Waals surface area contributed by atoms with Crippen molar-refractivity contribution >= 4 is 90.5 Å². The van der Waals surface area contributed by atoms with Crippen molar-refractivity contribution in [2.24, 2.45) is 0 Å². The molecule has 81 heavy (non-hydrogen) atoms. The Bertz CT molecular complexity index is 4130. The summed E-state index contributed by atoms with van der Waals surface area (Å²) in [6, 6.07) is 59.8. The van der Waals surface area contributed by atoms with E-state index in [9.17, 15) is 0 Å². The topological polar surface area (TPSA) is 22.9 Å². The zero-order valence-corrected chi connectivity index (χ0v) is 50.4. The lowest BCUT2D eigenvalue weighted by molar-refractivity contribution is 0.195. The summed E-state index contributed by atoms with van der Waals surface area (Å²) < 4.78 is 6.82. The summed E-state index contributed by atoms with van der Waals surface area (Å²) in [5.41, 5.74) is 27.2. The molecule has 3 aliphatic heterocycles. The standard InChI is InChI=1S/C76H80BN3O/c1-70(2,3)49-26-32-62-59(40-49)75(12)33-19-20-34-76(75,13)80(62)52-42-65-69-66(43-52)79(50-28-30-55-56(41-50)72(6,7)36-35-71(55,4)5)64-46-58-57(73(8,9)37-38-74(58,10)11)45-61(64)77(69)60-39-48(47-21-15-14-16-22-47)25-31-63(60)78(65)51-27-29-54-53-23-17-18-24-67(53)81-68(54)44-51/h14-18,21-32,39-46H,19-20,33-38H2,1-13H3. The molecule has 0 amide bonds. The molecule has 3 aliphatic carbocycles. The predicted octanol–water partition coefficient (Wildman–Crippen LogP) is 19.1. The molecule has 1 fully saturated rings. The first-order valence-electron chi connectivity index (χ1n) is 30.7. The summed E-state index contributed by atoms with van der Waals surface area (Å²) in [6.07, 6.45) is 9.38. The monoisotopic (exact) mass is 1060 g/mol. The van der Waals surface area contributed by atoms with Crippen LogP contribution in [0.15, 0.2) is 156 Å². The number of rotatable bonds is 4. The number of anilines is 8. The van der Waals surface area contributed by atoms with Crippen LogP contribution in [0, 0.1) is 0 Å². The number of hydrogen-bond acceptors (Lipinski definition) is 4. The van der Waals surface area contributed by atoms with Gasteiger partial charge >= 0.3 is 0 Å². The highest BCUT2D eigenvalue weighted by Crippen LogP contribution is 2.63. The quantitative estimate of drug-likeness (QED) is 0.164. The predicted molar refractivity (Wildman–Crippen MR) is 345 cm³/mol. The van der Waals surface area contributed by atoms with E-state index in [1.54, 1.807) is 0 Å². The fraction of sp³-hybridized carbons (Fsp3) is 0.368. The van der Waals surface area contributed by atoms with E-state index in [1.807, 2.05) is 0 Å². The molecule has 2 unspecified atom stereocenters. The summed E-state index contributed by atoms with van der Waals surface area (Å²) in [4.78, 5) is 8.24. The number of furan rings is 1. The first kappa shape index (κ1) is 50.9.